The molecule has 1 aliphatic heterocycles. The van der Waals surface area contributed by atoms with Gasteiger partial charge < -0.3 is 19.3 Å². The molecule has 30 heavy (non-hydrogen) atoms. The maximum absolute atomic E-state index is 13.3. The van der Waals surface area contributed by atoms with Gasteiger partial charge in [0.25, 0.3) is 11.9 Å². The van der Waals surface area contributed by atoms with E-state index < -0.39 is 5.60 Å². The van der Waals surface area contributed by atoms with E-state index in [9.17, 15) is 9.90 Å². The number of rotatable bonds is 4. The Morgan fingerprint density at radius 2 is 1.83 bits per heavy atom. The molecule has 0 aliphatic carbocycles. The highest BCUT2D eigenvalue weighted by Gasteiger charge is 2.28. The van der Waals surface area contributed by atoms with Gasteiger partial charge in [-0.15, -0.1) is 0 Å². The number of para-hydroxylation sites is 1. The monoisotopic (exact) mass is 410 g/mol. The number of aromatic nitrogens is 4. The first-order valence-corrected chi connectivity index (χ1v) is 10.0. The minimum Gasteiger partial charge on any atom is -0.429 e. The van der Waals surface area contributed by atoms with Crippen molar-refractivity contribution in [3.63, 3.8) is 0 Å². The molecule has 1 aromatic carbocycles. The second kappa shape index (κ2) is 7.91. The molecule has 9 nitrogen and oxygen atoms in total. The number of benzene rings is 1. The van der Waals surface area contributed by atoms with E-state index in [1.165, 1.54) is 4.80 Å². The molecule has 3 heterocycles. The lowest BCUT2D eigenvalue weighted by Crippen LogP contribution is -2.36. The van der Waals surface area contributed by atoms with Gasteiger partial charge in [0.1, 0.15) is 17.1 Å². The maximum atomic E-state index is 13.3. The van der Waals surface area contributed by atoms with Crippen molar-refractivity contribution >= 4 is 11.9 Å². The van der Waals surface area contributed by atoms with Gasteiger partial charge in [-0.3, -0.25) is 4.79 Å². The molecule has 1 saturated heterocycles. The number of aryl methyl sites for hydroxylation is 1. The van der Waals surface area contributed by atoms with Gasteiger partial charge in [-0.05, 0) is 39.3 Å². The molecule has 158 valence electrons. The Morgan fingerprint density at radius 3 is 2.53 bits per heavy atom. The Balaban J connectivity index is 1.51. The summed E-state index contributed by atoms with van der Waals surface area (Å²) in [5.41, 5.74) is 0.699. The molecule has 2 aromatic heterocycles. The number of hydrogen-bond acceptors (Lipinski definition) is 7. The van der Waals surface area contributed by atoms with Crippen LogP contribution < -0.4 is 4.90 Å². The number of aliphatic hydroxyl groups is 1. The Labute approximate surface area is 174 Å². The van der Waals surface area contributed by atoms with Gasteiger partial charge in [-0.2, -0.15) is 20.0 Å². The smallest absolute Gasteiger partial charge is 0.297 e. The minimum atomic E-state index is -1.07. The first kappa shape index (κ1) is 20.1. The fourth-order valence-electron chi connectivity index (χ4n) is 3.74. The summed E-state index contributed by atoms with van der Waals surface area (Å²) in [5, 5.41) is 18.6. The van der Waals surface area contributed by atoms with Crippen molar-refractivity contribution < 1.29 is 14.3 Å². The van der Waals surface area contributed by atoms with Crippen LogP contribution in [-0.2, 0) is 5.60 Å². The summed E-state index contributed by atoms with van der Waals surface area (Å²) >= 11 is 0. The largest absolute Gasteiger partial charge is 0.429 e. The fraction of sp³-hybridized carbons (Fsp3) is 0.429. The van der Waals surface area contributed by atoms with Crippen LogP contribution in [0.25, 0.3) is 5.69 Å². The lowest BCUT2D eigenvalue weighted by molar-refractivity contribution is 0.0727. The molecule has 0 unspecified atom stereocenters. The first-order chi connectivity index (χ1) is 14.3. The molecule has 1 fully saturated rings. The third kappa shape index (κ3) is 3.93. The number of hydrogen-bond donors (Lipinski definition) is 1. The molecule has 1 amide bonds. The third-order valence-electron chi connectivity index (χ3n) is 5.19. The number of amides is 1. The highest BCUT2D eigenvalue weighted by Crippen LogP contribution is 2.28. The minimum absolute atomic E-state index is 0.0504. The van der Waals surface area contributed by atoms with E-state index in [4.69, 9.17) is 4.42 Å². The van der Waals surface area contributed by atoms with Crippen LogP contribution >= 0.6 is 0 Å². The number of anilines is 1. The Bertz CT molecular complexity index is 1020. The average molecular weight is 410 g/mol. The number of oxazole rings is 1. The van der Waals surface area contributed by atoms with Gasteiger partial charge in [-0.25, -0.2) is 0 Å². The Hall–Kier alpha value is -3.20. The van der Waals surface area contributed by atoms with E-state index in [0.29, 0.717) is 48.4 Å². The number of carbonyl (C=O) groups is 1. The molecule has 1 N–H and O–H groups in total. The molecular weight excluding hydrogens is 384 g/mol. The van der Waals surface area contributed by atoms with Gasteiger partial charge in [0, 0.05) is 26.2 Å². The van der Waals surface area contributed by atoms with E-state index >= 15 is 0 Å². The fourth-order valence-corrected chi connectivity index (χ4v) is 3.74. The molecule has 9 heteroatoms. The van der Waals surface area contributed by atoms with Gasteiger partial charge in [0.2, 0.25) is 0 Å². The summed E-state index contributed by atoms with van der Waals surface area (Å²) in [5.74, 6) is 0.556. The van der Waals surface area contributed by atoms with E-state index in [1.807, 2.05) is 28.0 Å². The molecule has 3 aromatic rings. The molecule has 0 atom stereocenters. The highest BCUT2D eigenvalue weighted by atomic mass is 16.4. The van der Waals surface area contributed by atoms with Crippen molar-refractivity contribution in [3.8, 4) is 5.69 Å². The Morgan fingerprint density at radius 1 is 1.10 bits per heavy atom. The quantitative estimate of drug-likeness (QED) is 0.703. The van der Waals surface area contributed by atoms with Crippen molar-refractivity contribution in [2.45, 2.75) is 32.8 Å². The predicted molar refractivity (Wildman–Crippen MR) is 111 cm³/mol. The molecule has 0 saturated carbocycles. The summed E-state index contributed by atoms with van der Waals surface area (Å²) in [6, 6.07) is 7.84. The van der Waals surface area contributed by atoms with Gasteiger partial charge >= 0.3 is 0 Å². The molecule has 1 aliphatic rings. The summed E-state index contributed by atoms with van der Waals surface area (Å²) < 4.78 is 5.82. The SMILES string of the molecule is Cc1oc(N2CCCN(C(=O)c3ccccc3-n3nccn3)CC2)nc1C(C)(C)O. The van der Waals surface area contributed by atoms with Crippen molar-refractivity contribution in [1.82, 2.24) is 24.9 Å². The third-order valence-corrected chi connectivity index (χ3v) is 5.19. The van der Waals surface area contributed by atoms with Crippen LogP contribution in [0.15, 0.2) is 41.1 Å². The molecular formula is C21H26N6O3. The standard InChI is InChI=1S/C21H26N6O3/c1-15-18(21(2,3)29)24-20(30-15)26-12-6-11-25(13-14-26)19(28)16-7-4-5-8-17(16)27-22-9-10-23-27/h4-5,7-10,29H,6,11-14H2,1-3H3. The normalized spacial score (nSPS) is 15.3. The maximum Gasteiger partial charge on any atom is 0.297 e. The van der Waals surface area contributed by atoms with Crippen LogP contribution in [0.3, 0.4) is 0 Å². The number of carbonyl (C=O) groups excluding carboxylic acids is 1. The predicted octanol–water partition coefficient (Wildman–Crippen LogP) is 2.14. The average Bonchev–Trinajstić information content (AvgIpc) is 3.32. The van der Waals surface area contributed by atoms with E-state index in [2.05, 4.69) is 15.2 Å². The van der Waals surface area contributed by atoms with Crippen molar-refractivity contribution in [3.05, 3.63) is 53.7 Å². The summed E-state index contributed by atoms with van der Waals surface area (Å²) in [6.45, 7) is 7.67. The number of nitrogens with zero attached hydrogens (tertiary/aromatic N) is 6. The van der Waals surface area contributed by atoms with Crippen molar-refractivity contribution in [2.75, 3.05) is 31.1 Å². The first-order valence-electron chi connectivity index (χ1n) is 10.0. The Kier molecular flexibility index (Phi) is 5.29. The second-order valence-corrected chi connectivity index (χ2v) is 7.93. The zero-order chi connectivity index (χ0) is 21.3. The zero-order valence-corrected chi connectivity index (χ0v) is 17.4. The van der Waals surface area contributed by atoms with E-state index in [-0.39, 0.29) is 5.91 Å². The van der Waals surface area contributed by atoms with Gasteiger partial charge in [-0.1, -0.05) is 12.1 Å². The van der Waals surface area contributed by atoms with Crippen LogP contribution in [0.1, 0.15) is 42.1 Å². The summed E-state index contributed by atoms with van der Waals surface area (Å²) in [4.78, 5) is 23.1. The van der Waals surface area contributed by atoms with Gasteiger partial charge in [0.15, 0.2) is 0 Å². The van der Waals surface area contributed by atoms with E-state index in [1.54, 1.807) is 39.2 Å². The van der Waals surface area contributed by atoms with Crippen LogP contribution in [0, 0.1) is 6.92 Å². The van der Waals surface area contributed by atoms with E-state index in [0.717, 1.165) is 13.0 Å². The molecule has 4 rings (SSSR count). The highest BCUT2D eigenvalue weighted by molar-refractivity contribution is 5.97. The molecule has 0 radical (unpaired) electrons. The van der Waals surface area contributed by atoms with Crippen molar-refractivity contribution in [1.29, 1.82) is 0 Å². The lowest BCUT2D eigenvalue weighted by Gasteiger charge is -2.22. The van der Waals surface area contributed by atoms with Crippen LogP contribution in [0.2, 0.25) is 0 Å². The summed E-state index contributed by atoms with van der Waals surface area (Å²) in [7, 11) is 0. The van der Waals surface area contributed by atoms with Crippen LogP contribution in [-0.4, -0.2) is 62.1 Å². The summed E-state index contributed by atoms with van der Waals surface area (Å²) in [6.07, 6.45) is 3.96. The van der Waals surface area contributed by atoms with Crippen molar-refractivity contribution in [2.24, 2.45) is 0 Å². The molecule has 0 bridgehead atoms. The lowest BCUT2D eigenvalue weighted by atomic mass is 10.0. The molecule has 0 spiro atoms. The van der Waals surface area contributed by atoms with Crippen LogP contribution in [0.5, 0.6) is 0 Å². The second-order valence-electron chi connectivity index (χ2n) is 7.93. The van der Waals surface area contributed by atoms with Crippen LogP contribution in [0.4, 0.5) is 6.01 Å². The zero-order valence-electron chi connectivity index (χ0n) is 17.4. The van der Waals surface area contributed by atoms with Gasteiger partial charge in [0.05, 0.1) is 23.6 Å². The topological polar surface area (TPSA) is 101 Å².